The molecule has 0 aromatic carbocycles. The molecule has 2 heterocycles. The van der Waals surface area contributed by atoms with Crippen molar-refractivity contribution < 1.29 is 9.53 Å². The van der Waals surface area contributed by atoms with Gasteiger partial charge in [0, 0.05) is 6.42 Å². The third-order valence-electron chi connectivity index (χ3n) is 2.70. The first-order valence-corrected chi connectivity index (χ1v) is 4.19. The SMILES string of the molecule is NC(=O)CC1C[C@@H]2CC[C@H]1O2. The van der Waals surface area contributed by atoms with Crippen molar-refractivity contribution in [1.82, 2.24) is 0 Å². The fourth-order valence-electron chi connectivity index (χ4n) is 2.22. The lowest BCUT2D eigenvalue weighted by Crippen LogP contribution is -2.23. The van der Waals surface area contributed by atoms with Crippen LogP contribution in [0.2, 0.25) is 0 Å². The molecule has 0 spiro atoms. The molecule has 0 aromatic rings. The Labute approximate surface area is 65.9 Å². The van der Waals surface area contributed by atoms with Crippen molar-refractivity contribution in [3.63, 3.8) is 0 Å². The maximum Gasteiger partial charge on any atom is 0.217 e. The van der Waals surface area contributed by atoms with Crippen molar-refractivity contribution in [2.75, 3.05) is 0 Å². The van der Waals surface area contributed by atoms with Crippen LogP contribution in [0.15, 0.2) is 0 Å². The van der Waals surface area contributed by atoms with Gasteiger partial charge in [-0.15, -0.1) is 0 Å². The lowest BCUT2D eigenvalue weighted by molar-refractivity contribution is -0.119. The molecule has 3 heteroatoms. The standard InChI is InChI=1S/C8H13NO2/c9-8(10)4-5-3-6-1-2-7(5)11-6/h5-7H,1-4H2,(H2,9,10)/t5?,6-,7+/m0/s1. The molecule has 2 aliphatic heterocycles. The van der Waals surface area contributed by atoms with Gasteiger partial charge in [-0.05, 0) is 25.2 Å². The summed E-state index contributed by atoms with van der Waals surface area (Å²) in [4.78, 5) is 10.6. The van der Waals surface area contributed by atoms with Gasteiger partial charge in [-0.3, -0.25) is 4.79 Å². The number of ether oxygens (including phenoxy) is 1. The molecular formula is C8H13NO2. The highest BCUT2D eigenvalue weighted by Crippen LogP contribution is 2.40. The Morgan fingerprint density at radius 2 is 2.36 bits per heavy atom. The van der Waals surface area contributed by atoms with E-state index in [1.54, 1.807) is 0 Å². The predicted molar refractivity (Wildman–Crippen MR) is 39.8 cm³/mol. The second kappa shape index (κ2) is 2.48. The van der Waals surface area contributed by atoms with E-state index in [2.05, 4.69) is 0 Å². The van der Waals surface area contributed by atoms with Crippen molar-refractivity contribution in [3.8, 4) is 0 Å². The molecule has 2 bridgehead atoms. The molecule has 0 aliphatic carbocycles. The highest BCUT2D eigenvalue weighted by Gasteiger charge is 2.40. The third-order valence-corrected chi connectivity index (χ3v) is 2.70. The van der Waals surface area contributed by atoms with Crippen molar-refractivity contribution in [2.45, 2.75) is 37.9 Å². The van der Waals surface area contributed by atoms with E-state index in [1.165, 1.54) is 6.42 Å². The van der Waals surface area contributed by atoms with Crippen molar-refractivity contribution in [1.29, 1.82) is 0 Å². The van der Waals surface area contributed by atoms with E-state index < -0.39 is 0 Å². The van der Waals surface area contributed by atoms with E-state index in [-0.39, 0.29) is 5.91 Å². The topological polar surface area (TPSA) is 52.3 Å². The highest BCUT2D eigenvalue weighted by atomic mass is 16.5. The van der Waals surface area contributed by atoms with Crippen molar-refractivity contribution >= 4 is 5.91 Å². The van der Waals surface area contributed by atoms with Gasteiger partial charge in [-0.25, -0.2) is 0 Å². The molecule has 11 heavy (non-hydrogen) atoms. The molecule has 2 fully saturated rings. The minimum absolute atomic E-state index is 0.189. The molecule has 3 atom stereocenters. The number of carbonyl (C=O) groups is 1. The number of carbonyl (C=O) groups excluding carboxylic acids is 1. The second-order valence-corrected chi connectivity index (χ2v) is 3.54. The number of nitrogens with two attached hydrogens (primary N) is 1. The smallest absolute Gasteiger partial charge is 0.217 e. The average molecular weight is 155 g/mol. The van der Waals surface area contributed by atoms with Gasteiger partial charge in [0.15, 0.2) is 0 Å². The highest BCUT2D eigenvalue weighted by molar-refractivity contribution is 5.74. The molecule has 2 saturated heterocycles. The Morgan fingerprint density at radius 1 is 1.55 bits per heavy atom. The molecule has 1 unspecified atom stereocenters. The largest absolute Gasteiger partial charge is 0.375 e. The number of primary amides is 1. The van der Waals surface area contributed by atoms with Gasteiger partial charge < -0.3 is 10.5 Å². The van der Waals surface area contributed by atoms with E-state index >= 15 is 0 Å². The van der Waals surface area contributed by atoms with Crippen molar-refractivity contribution in [2.24, 2.45) is 11.7 Å². The Balaban J connectivity index is 1.92. The summed E-state index contributed by atoms with van der Waals surface area (Å²) in [6.45, 7) is 0. The molecule has 2 N–H and O–H groups in total. The van der Waals surface area contributed by atoms with Crippen LogP contribution >= 0.6 is 0 Å². The Bertz CT molecular complexity index is 181. The normalized spacial score (nSPS) is 41.3. The Morgan fingerprint density at radius 3 is 2.82 bits per heavy atom. The summed E-state index contributed by atoms with van der Waals surface area (Å²) >= 11 is 0. The van der Waals surface area contributed by atoms with E-state index in [0.717, 1.165) is 12.8 Å². The summed E-state index contributed by atoms with van der Waals surface area (Å²) in [6.07, 6.45) is 4.65. The molecular weight excluding hydrogens is 142 g/mol. The van der Waals surface area contributed by atoms with Crippen LogP contribution in [0.25, 0.3) is 0 Å². The predicted octanol–water partition coefficient (Wildman–Crippen LogP) is 0.429. The van der Waals surface area contributed by atoms with Crippen molar-refractivity contribution in [3.05, 3.63) is 0 Å². The monoisotopic (exact) mass is 155 g/mol. The van der Waals surface area contributed by atoms with Gasteiger partial charge in [0.05, 0.1) is 12.2 Å². The van der Waals surface area contributed by atoms with Gasteiger partial charge in [-0.2, -0.15) is 0 Å². The summed E-state index contributed by atoms with van der Waals surface area (Å²) in [5, 5.41) is 0. The minimum Gasteiger partial charge on any atom is -0.375 e. The summed E-state index contributed by atoms with van der Waals surface area (Å²) < 4.78 is 5.58. The Hall–Kier alpha value is -0.570. The van der Waals surface area contributed by atoms with Crippen LogP contribution < -0.4 is 5.73 Å². The number of rotatable bonds is 2. The molecule has 0 saturated carbocycles. The summed E-state index contributed by atoms with van der Waals surface area (Å²) in [7, 11) is 0. The molecule has 1 amide bonds. The van der Waals surface area contributed by atoms with Gasteiger partial charge in [0.1, 0.15) is 0 Å². The first kappa shape index (κ1) is 7.10. The van der Waals surface area contributed by atoms with Gasteiger partial charge >= 0.3 is 0 Å². The molecule has 2 rings (SSSR count). The molecule has 0 radical (unpaired) electrons. The third kappa shape index (κ3) is 1.25. The number of hydrogen-bond acceptors (Lipinski definition) is 2. The first-order chi connectivity index (χ1) is 5.25. The fraction of sp³-hybridized carbons (Fsp3) is 0.875. The van der Waals surface area contributed by atoms with Crippen LogP contribution in [0.4, 0.5) is 0 Å². The van der Waals surface area contributed by atoms with Gasteiger partial charge in [0.25, 0.3) is 0 Å². The summed E-state index contributed by atoms with van der Waals surface area (Å²) in [6, 6.07) is 0. The minimum atomic E-state index is -0.189. The zero-order chi connectivity index (χ0) is 7.84. The zero-order valence-corrected chi connectivity index (χ0v) is 6.45. The van der Waals surface area contributed by atoms with Crippen LogP contribution in [-0.4, -0.2) is 18.1 Å². The van der Waals surface area contributed by atoms with Gasteiger partial charge in [0.2, 0.25) is 5.91 Å². The molecule has 0 aromatic heterocycles. The van der Waals surface area contributed by atoms with Crippen LogP contribution in [0.1, 0.15) is 25.7 Å². The quantitative estimate of drug-likeness (QED) is 0.628. The summed E-state index contributed by atoms with van der Waals surface area (Å²) in [5.41, 5.74) is 5.11. The van der Waals surface area contributed by atoms with E-state index in [4.69, 9.17) is 10.5 Å². The zero-order valence-electron chi connectivity index (χ0n) is 6.45. The number of hydrogen-bond donors (Lipinski definition) is 1. The lowest BCUT2D eigenvalue weighted by Gasteiger charge is -2.15. The van der Waals surface area contributed by atoms with Crippen LogP contribution in [0, 0.1) is 5.92 Å². The summed E-state index contributed by atoms with van der Waals surface area (Å²) in [5.74, 6) is 0.234. The second-order valence-electron chi connectivity index (χ2n) is 3.54. The lowest BCUT2D eigenvalue weighted by atomic mass is 9.87. The van der Waals surface area contributed by atoms with E-state index in [0.29, 0.717) is 24.5 Å². The molecule has 2 aliphatic rings. The van der Waals surface area contributed by atoms with Crippen LogP contribution in [0.3, 0.4) is 0 Å². The van der Waals surface area contributed by atoms with E-state index in [9.17, 15) is 4.79 Å². The number of fused-ring (bicyclic) bond motifs is 2. The van der Waals surface area contributed by atoms with E-state index in [1.807, 2.05) is 0 Å². The molecule has 3 nitrogen and oxygen atoms in total. The van der Waals surface area contributed by atoms with Crippen LogP contribution in [0.5, 0.6) is 0 Å². The Kier molecular flexibility index (Phi) is 1.60. The first-order valence-electron chi connectivity index (χ1n) is 4.19. The molecule has 62 valence electrons. The maximum absolute atomic E-state index is 10.6. The maximum atomic E-state index is 10.6. The van der Waals surface area contributed by atoms with Crippen LogP contribution in [-0.2, 0) is 9.53 Å². The fourth-order valence-corrected chi connectivity index (χ4v) is 2.22. The van der Waals surface area contributed by atoms with Gasteiger partial charge in [-0.1, -0.05) is 0 Å². The average Bonchev–Trinajstić information content (AvgIpc) is 2.45. The number of amides is 1.